The highest BCUT2D eigenvalue weighted by Gasteiger charge is 2.48. The van der Waals surface area contributed by atoms with E-state index in [1.807, 2.05) is 18.2 Å². The number of methoxy groups -OCH3 is 1. The summed E-state index contributed by atoms with van der Waals surface area (Å²) in [6, 6.07) is 5.77. The average Bonchev–Trinajstić information content (AvgIpc) is 3.31. The second-order valence-corrected chi connectivity index (χ2v) is 6.65. The Morgan fingerprint density at radius 2 is 2.13 bits per heavy atom. The van der Waals surface area contributed by atoms with E-state index in [9.17, 15) is 4.79 Å². The molecule has 0 aromatic heterocycles. The Kier molecular flexibility index (Phi) is 4.48. The first kappa shape index (κ1) is 16.1. The molecule has 1 aromatic carbocycles. The minimum atomic E-state index is -0.974. The average molecular weight is 319 g/mol. The lowest BCUT2D eigenvalue weighted by atomic mass is 9.99. The third kappa shape index (κ3) is 3.29. The summed E-state index contributed by atoms with van der Waals surface area (Å²) >= 11 is 0. The van der Waals surface area contributed by atoms with Crippen LogP contribution in [0.25, 0.3) is 0 Å². The molecule has 5 nitrogen and oxygen atoms in total. The summed E-state index contributed by atoms with van der Waals surface area (Å²) in [5.74, 6) is 0.183. The van der Waals surface area contributed by atoms with E-state index in [-0.39, 0.29) is 0 Å². The first-order valence-corrected chi connectivity index (χ1v) is 8.36. The van der Waals surface area contributed by atoms with Crippen LogP contribution in [0.15, 0.2) is 18.2 Å². The topological polar surface area (TPSA) is 59.0 Å². The van der Waals surface area contributed by atoms with Crippen molar-refractivity contribution in [2.45, 2.75) is 57.2 Å². The number of carboxylic acids is 1. The molecule has 0 radical (unpaired) electrons. The van der Waals surface area contributed by atoms with Crippen molar-refractivity contribution >= 4 is 5.97 Å². The van der Waals surface area contributed by atoms with Gasteiger partial charge in [-0.05, 0) is 45.2 Å². The van der Waals surface area contributed by atoms with Crippen LogP contribution < -0.4 is 9.47 Å². The number of piperidine rings is 1. The van der Waals surface area contributed by atoms with Gasteiger partial charge in [0.15, 0.2) is 17.6 Å². The smallest absolute Gasteiger partial charge is 0.344 e. The third-order valence-corrected chi connectivity index (χ3v) is 5.10. The van der Waals surface area contributed by atoms with Crippen LogP contribution in [0, 0.1) is 0 Å². The summed E-state index contributed by atoms with van der Waals surface area (Å²) in [4.78, 5) is 13.7. The Morgan fingerprint density at radius 1 is 1.35 bits per heavy atom. The summed E-state index contributed by atoms with van der Waals surface area (Å²) in [6.07, 6.45) is 5.47. The number of nitrogens with zero attached hydrogens (tertiary/aromatic N) is 1. The molecular weight excluding hydrogens is 294 g/mol. The fourth-order valence-electron chi connectivity index (χ4n) is 3.52. The van der Waals surface area contributed by atoms with E-state index in [2.05, 4.69) is 4.90 Å². The van der Waals surface area contributed by atoms with Crippen molar-refractivity contribution in [1.82, 2.24) is 4.90 Å². The van der Waals surface area contributed by atoms with Crippen LogP contribution in [0.4, 0.5) is 0 Å². The Hall–Kier alpha value is -1.75. The number of aliphatic carboxylic acids is 1. The maximum absolute atomic E-state index is 11.1. The Balaban J connectivity index is 1.84. The first-order valence-electron chi connectivity index (χ1n) is 8.36. The van der Waals surface area contributed by atoms with Crippen LogP contribution in [0.2, 0.25) is 0 Å². The van der Waals surface area contributed by atoms with Gasteiger partial charge in [0.1, 0.15) is 0 Å². The van der Waals surface area contributed by atoms with Gasteiger partial charge in [0.25, 0.3) is 0 Å². The molecule has 0 amide bonds. The molecule has 2 fully saturated rings. The number of carbonyl (C=O) groups is 1. The lowest BCUT2D eigenvalue weighted by molar-refractivity contribution is -0.144. The SMILES string of the molecule is COc1cccc(CN2CCCCC23CC3)c1O[C@@H](C)C(=O)O. The summed E-state index contributed by atoms with van der Waals surface area (Å²) < 4.78 is 11.1. The van der Waals surface area contributed by atoms with Crippen LogP contribution in [0.5, 0.6) is 11.5 Å². The van der Waals surface area contributed by atoms with Crippen molar-refractivity contribution in [3.63, 3.8) is 0 Å². The maximum Gasteiger partial charge on any atom is 0.344 e. The fraction of sp³-hybridized carbons (Fsp3) is 0.611. The second kappa shape index (κ2) is 6.40. The zero-order valence-electron chi connectivity index (χ0n) is 13.9. The van der Waals surface area contributed by atoms with Crippen LogP contribution in [0.1, 0.15) is 44.6 Å². The molecule has 1 heterocycles. The molecule has 2 aliphatic rings. The highest BCUT2D eigenvalue weighted by atomic mass is 16.5. The summed E-state index contributed by atoms with van der Waals surface area (Å²) in [5.41, 5.74) is 1.39. The van der Waals surface area contributed by atoms with Crippen molar-refractivity contribution in [1.29, 1.82) is 0 Å². The Bertz CT molecular complexity index is 582. The zero-order chi connectivity index (χ0) is 16.4. The van der Waals surface area contributed by atoms with Crippen molar-refractivity contribution in [3.8, 4) is 11.5 Å². The predicted molar refractivity (Wildman–Crippen MR) is 86.9 cm³/mol. The van der Waals surface area contributed by atoms with Gasteiger partial charge < -0.3 is 14.6 Å². The first-order chi connectivity index (χ1) is 11.1. The van der Waals surface area contributed by atoms with Gasteiger partial charge in [0.2, 0.25) is 0 Å². The number of hydrogen-bond donors (Lipinski definition) is 1. The van der Waals surface area contributed by atoms with E-state index < -0.39 is 12.1 Å². The summed E-state index contributed by atoms with van der Waals surface area (Å²) in [7, 11) is 1.58. The van der Waals surface area contributed by atoms with Crippen LogP contribution in [-0.4, -0.2) is 41.3 Å². The third-order valence-electron chi connectivity index (χ3n) is 5.10. The van der Waals surface area contributed by atoms with E-state index >= 15 is 0 Å². The fourth-order valence-corrected chi connectivity index (χ4v) is 3.52. The van der Waals surface area contributed by atoms with E-state index in [1.54, 1.807) is 14.0 Å². The van der Waals surface area contributed by atoms with Crippen molar-refractivity contribution in [2.24, 2.45) is 0 Å². The Labute approximate surface area is 137 Å². The number of benzene rings is 1. The van der Waals surface area contributed by atoms with Crippen LogP contribution in [0.3, 0.4) is 0 Å². The lowest BCUT2D eigenvalue weighted by Crippen LogP contribution is -2.41. The van der Waals surface area contributed by atoms with E-state index in [0.29, 0.717) is 17.0 Å². The van der Waals surface area contributed by atoms with Gasteiger partial charge in [-0.1, -0.05) is 18.6 Å². The predicted octanol–water partition coefficient (Wildman–Crippen LogP) is 3.07. The molecule has 0 unspecified atom stereocenters. The normalized spacial score (nSPS) is 21.0. The van der Waals surface area contributed by atoms with Gasteiger partial charge in [-0.15, -0.1) is 0 Å². The molecular formula is C18H25NO4. The zero-order valence-corrected chi connectivity index (χ0v) is 13.9. The van der Waals surface area contributed by atoms with Gasteiger partial charge in [0, 0.05) is 17.6 Å². The van der Waals surface area contributed by atoms with Gasteiger partial charge in [-0.25, -0.2) is 4.79 Å². The minimum absolute atomic E-state index is 0.386. The molecule has 5 heteroatoms. The molecule has 1 aliphatic heterocycles. The number of para-hydroxylation sites is 1. The quantitative estimate of drug-likeness (QED) is 0.873. The number of likely N-dealkylation sites (tertiary alicyclic amines) is 1. The highest BCUT2D eigenvalue weighted by Crippen LogP contribution is 2.49. The van der Waals surface area contributed by atoms with Crippen LogP contribution >= 0.6 is 0 Å². The Morgan fingerprint density at radius 3 is 2.78 bits per heavy atom. The van der Waals surface area contributed by atoms with Crippen molar-refractivity contribution in [3.05, 3.63) is 23.8 Å². The van der Waals surface area contributed by atoms with Gasteiger partial charge >= 0.3 is 5.97 Å². The molecule has 1 aliphatic carbocycles. The van der Waals surface area contributed by atoms with E-state index in [4.69, 9.17) is 14.6 Å². The largest absolute Gasteiger partial charge is 0.493 e. The van der Waals surface area contributed by atoms with E-state index in [1.165, 1.54) is 32.1 Å². The molecule has 0 bridgehead atoms. The van der Waals surface area contributed by atoms with E-state index in [0.717, 1.165) is 18.7 Å². The monoisotopic (exact) mass is 319 g/mol. The second-order valence-electron chi connectivity index (χ2n) is 6.65. The molecule has 1 aromatic rings. The molecule has 23 heavy (non-hydrogen) atoms. The molecule has 1 saturated carbocycles. The summed E-state index contributed by atoms with van der Waals surface area (Å²) in [5, 5.41) is 9.14. The summed E-state index contributed by atoms with van der Waals surface area (Å²) in [6.45, 7) is 3.44. The molecule has 1 spiro atoms. The highest BCUT2D eigenvalue weighted by molar-refractivity contribution is 5.72. The van der Waals surface area contributed by atoms with Gasteiger partial charge in [0.05, 0.1) is 7.11 Å². The van der Waals surface area contributed by atoms with Crippen molar-refractivity contribution < 1.29 is 19.4 Å². The van der Waals surface area contributed by atoms with Gasteiger partial charge in [-0.2, -0.15) is 0 Å². The molecule has 1 saturated heterocycles. The number of hydrogen-bond acceptors (Lipinski definition) is 4. The molecule has 3 rings (SSSR count). The molecule has 126 valence electrons. The standard InChI is InChI=1S/C18H25NO4/c1-13(17(20)21)23-16-14(6-5-7-15(16)22-2)12-19-11-4-3-8-18(19)9-10-18/h5-7,13H,3-4,8-12H2,1-2H3,(H,20,21)/t13-/m0/s1. The number of ether oxygens (including phenoxy) is 2. The lowest BCUT2D eigenvalue weighted by Gasteiger charge is -2.36. The molecule has 1 N–H and O–H groups in total. The number of rotatable bonds is 6. The minimum Gasteiger partial charge on any atom is -0.493 e. The van der Waals surface area contributed by atoms with Crippen LogP contribution in [-0.2, 0) is 11.3 Å². The van der Waals surface area contributed by atoms with Crippen molar-refractivity contribution in [2.75, 3.05) is 13.7 Å². The van der Waals surface area contributed by atoms with Gasteiger partial charge in [-0.3, -0.25) is 4.90 Å². The number of carboxylic acid groups (broad SMARTS) is 1. The maximum atomic E-state index is 11.1. The molecule has 1 atom stereocenters.